The van der Waals surface area contributed by atoms with Crippen molar-refractivity contribution in [3.63, 3.8) is 0 Å². The monoisotopic (exact) mass is 587 g/mol. The molecule has 40 heavy (non-hydrogen) atoms. The Morgan fingerprint density at radius 2 is 1.68 bits per heavy atom. The van der Waals surface area contributed by atoms with Gasteiger partial charge in [-0.1, -0.05) is 25.1 Å². The van der Waals surface area contributed by atoms with Crippen LogP contribution in [0.5, 0.6) is 5.75 Å². The van der Waals surface area contributed by atoms with Crippen LogP contribution >= 0.6 is 0 Å². The third-order valence-corrected chi connectivity index (χ3v) is 8.77. The number of fused-ring (bicyclic) bond motifs is 1. The molecule has 10 nitrogen and oxygen atoms in total. The highest BCUT2D eigenvalue weighted by molar-refractivity contribution is 7.92. The van der Waals surface area contributed by atoms with Crippen molar-refractivity contribution in [1.82, 2.24) is 4.72 Å². The molecule has 3 aromatic rings. The molecule has 4 N–H and O–H groups in total. The molecule has 0 radical (unpaired) electrons. The molecule has 0 spiro atoms. The van der Waals surface area contributed by atoms with E-state index in [1.807, 2.05) is 6.92 Å². The van der Waals surface area contributed by atoms with Gasteiger partial charge in [-0.2, -0.15) is 0 Å². The predicted molar refractivity (Wildman–Crippen MR) is 154 cm³/mol. The summed E-state index contributed by atoms with van der Waals surface area (Å²) >= 11 is 0. The van der Waals surface area contributed by atoms with Crippen LogP contribution in [-0.4, -0.2) is 45.8 Å². The van der Waals surface area contributed by atoms with E-state index in [1.165, 1.54) is 30.3 Å². The van der Waals surface area contributed by atoms with Crippen LogP contribution in [0.15, 0.2) is 65.6 Å². The normalized spacial score (nSPS) is 18.4. The molecule has 0 aliphatic carbocycles. The summed E-state index contributed by atoms with van der Waals surface area (Å²) in [4.78, 5) is 13.2. The van der Waals surface area contributed by atoms with Crippen LogP contribution in [0.4, 0.5) is 11.4 Å². The molecule has 1 aliphatic heterocycles. The number of hydrogen-bond donors (Lipinski definition) is 4. The lowest BCUT2D eigenvalue weighted by atomic mass is 9.86. The van der Waals surface area contributed by atoms with Gasteiger partial charge in [-0.25, -0.2) is 21.6 Å². The van der Waals surface area contributed by atoms with Crippen molar-refractivity contribution in [2.45, 2.75) is 56.8 Å². The van der Waals surface area contributed by atoms with E-state index < -0.39 is 43.7 Å². The summed E-state index contributed by atoms with van der Waals surface area (Å²) in [6, 6.07) is 14.7. The summed E-state index contributed by atoms with van der Waals surface area (Å²) in [6.45, 7) is 7.00. The van der Waals surface area contributed by atoms with Crippen LogP contribution in [0, 0.1) is 6.92 Å². The average molecular weight is 588 g/mol. The summed E-state index contributed by atoms with van der Waals surface area (Å²) in [5.41, 5.74) is 1.70. The van der Waals surface area contributed by atoms with Gasteiger partial charge in [0.15, 0.2) is 0 Å². The van der Waals surface area contributed by atoms with Crippen molar-refractivity contribution in [3.05, 3.63) is 82.9 Å². The standard InChI is InChI=1S/C28H33N3O7S2/c1-6-18-8-12-21(13-9-18)40(36,37)31-25-22-15-19(10-14-24(22)38-28(3,4)26(25)32)27(33)29-20-11-7-17(2)23(16-20)30-39(5,34)35/h7-16,25-26,30-32H,6H2,1-5H3,(H,29,33)/t25-,26+/m1/s1. The fourth-order valence-electron chi connectivity index (χ4n) is 4.42. The molecule has 12 heteroatoms. The Balaban J connectivity index is 1.65. The van der Waals surface area contributed by atoms with E-state index in [-0.39, 0.29) is 10.5 Å². The highest BCUT2D eigenvalue weighted by atomic mass is 32.2. The third kappa shape index (κ3) is 6.47. The molecule has 3 aromatic carbocycles. The van der Waals surface area contributed by atoms with Crippen molar-refractivity contribution < 1.29 is 31.5 Å². The van der Waals surface area contributed by atoms with Gasteiger partial charge in [-0.05, 0) is 80.8 Å². The number of benzene rings is 3. The highest BCUT2D eigenvalue weighted by Gasteiger charge is 2.44. The first-order valence-electron chi connectivity index (χ1n) is 12.6. The first kappa shape index (κ1) is 29.5. The summed E-state index contributed by atoms with van der Waals surface area (Å²) in [6.07, 6.45) is 0.523. The minimum atomic E-state index is -4.04. The predicted octanol–water partition coefficient (Wildman–Crippen LogP) is 3.73. The molecule has 1 heterocycles. The third-order valence-electron chi connectivity index (χ3n) is 6.72. The van der Waals surface area contributed by atoms with Crippen molar-refractivity contribution >= 4 is 37.3 Å². The zero-order valence-electron chi connectivity index (χ0n) is 22.8. The minimum absolute atomic E-state index is 0.0505. The lowest BCUT2D eigenvalue weighted by Gasteiger charge is -2.42. The van der Waals surface area contributed by atoms with Gasteiger partial charge in [0.2, 0.25) is 20.0 Å². The molecule has 1 amide bonds. The van der Waals surface area contributed by atoms with Gasteiger partial charge in [0.25, 0.3) is 5.91 Å². The number of aliphatic hydroxyl groups is 1. The average Bonchev–Trinajstić information content (AvgIpc) is 2.87. The quantitative estimate of drug-likeness (QED) is 0.314. The zero-order chi connectivity index (χ0) is 29.5. The Labute approximate surface area is 234 Å². The van der Waals surface area contributed by atoms with Crippen molar-refractivity contribution in [1.29, 1.82) is 0 Å². The highest BCUT2D eigenvalue weighted by Crippen LogP contribution is 2.41. The number of ether oxygens (including phenoxy) is 1. The SMILES string of the molecule is CCc1ccc(S(=O)(=O)N[C@@H]2c3cc(C(=O)Nc4ccc(C)c(NS(C)(=O)=O)c4)ccc3OC(C)(C)[C@H]2O)cc1. The van der Waals surface area contributed by atoms with Crippen LogP contribution in [0.1, 0.15) is 53.9 Å². The molecule has 0 fully saturated rings. The molecule has 0 aromatic heterocycles. The van der Waals surface area contributed by atoms with Crippen LogP contribution in [0.3, 0.4) is 0 Å². The summed E-state index contributed by atoms with van der Waals surface area (Å²) < 4.78 is 60.9. The van der Waals surface area contributed by atoms with E-state index in [2.05, 4.69) is 14.8 Å². The van der Waals surface area contributed by atoms with E-state index in [1.54, 1.807) is 51.1 Å². The van der Waals surface area contributed by atoms with E-state index in [4.69, 9.17) is 4.74 Å². The zero-order valence-corrected chi connectivity index (χ0v) is 24.5. The second kappa shape index (κ2) is 10.8. The van der Waals surface area contributed by atoms with Crippen LogP contribution < -0.4 is 19.5 Å². The fourth-order valence-corrected chi connectivity index (χ4v) is 6.26. The number of aliphatic hydroxyl groups excluding tert-OH is 1. The van der Waals surface area contributed by atoms with Gasteiger partial charge in [-0.3, -0.25) is 9.52 Å². The number of sulfonamides is 2. The summed E-state index contributed by atoms with van der Waals surface area (Å²) in [5.74, 6) is -0.191. The molecule has 2 atom stereocenters. The van der Waals surface area contributed by atoms with Gasteiger partial charge >= 0.3 is 0 Å². The molecule has 0 bridgehead atoms. The van der Waals surface area contributed by atoms with Crippen molar-refractivity contribution in [3.8, 4) is 5.75 Å². The maximum Gasteiger partial charge on any atom is 0.255 e. The second-order valence-corrected chi connectivity index (χ2v) is 13.8. The Morgan fingerprint density at radius 3 is 2.30 bits per heavy atom. The maximum absolute atomic E-state index is 13.3. The first-order chi connectivity index (χ1) is 18.6. The number of carbonyl (C=O) groups excluding carboxylic acids is 1. The molecule has 0 saturated heterocycles. The van der Waals surface area contributed by atoms with Crippen LogP contribution in [0.25, 0.3) is 0 Å². The Hall–Kier alpha value is -3.45. The Morgan fingerprint density at radius 1 is 1.00 bits per heavy atom. The second-order valence-electron chi connectivity index (χ2n) is 10.4. The molecular weight excluding hydrogens is 554 g/mol. The summed E-state index contributed by atoms with van der Waals surface area (Å²) in [5, 5.41) is 13.9. The van der Waals surface area contributed by atoms with Gasteiger partial charge in [0.05, 0.1) is 22.9 Å². The van der Waals surface area contributed by atoms with Gasteiger partial charge in [-0.15, -0.1) is 0 Å². The largest absolute Gasteiger partial charge is 0.485 e. The molecule has 214 valence electrons. The lowest BCUT2D eigenvalue weighted by Crippen LogP contribution is -2.53. The number of rotatable bonds is 8. The van der Waals surface area contributed by atoms with Gasteiger partial charge in [0, 0.05) is 16.8 Å². The fraction of sp³-hybridized carbons (Fsp3) is 0.321. The topological polar surface area (TPSA) is 151 Å². The van der Waals surface area contributed by atoms with Crippen LogP contribution in [0.2, 0.25) is 0 Å². The molecule has 0 unspecified atom stereocenters. The molecular formula is C28H33N3O7S2. The lowest BCUT2D eigenvalue weighted by molar-refractivity contribution is -0.0603. The van der Waals surface area contributed by atoms with E-state index in [0.29, 0.717) is 28.3 Å². The summed E-state index contributed by atoms with van der Waals surface area (Å²) in [7, 11) is -7.56. The number of aryl methyl sites for hydroxylation is 2. The minimum Gasteiger partial charge on any atom is -0.485 e. The number of nitrogens with one attached hydrogen (secondary N) is 3. The van der Waals surface area contributed by atoms with Crippen LogP contribution in [-0.2, 0) is 26.5 Å². The molecule has 0 saturated carbocycles. The van der Waals surface area contributed by atoms with E-state index in [0.717, 1.165) is 18.2 Å². The Bertz CT molecular complexity index is 1650. The first-order valence-corrected chi connectivity index (χ1v) is 16.0. The maximum atomic E-state index is 13.3. The van der Waals surface area contributed by atoms with E-state index in [9.17, 15) is 26.7 Å². The van der Waals surface area contributed by atoms with E-state index >= 15 is 0 Å². The molecule has 1 aliphatic rings. The smallest absolute Gasteiger partial charge is 0.255 e. The number of amides is 1. The molecule has 4 rings (SSSR count). The Kier molecular flexibility index (Phi) is 8.01. The van der Waals surface area contributed by atoms with Gasteiger partial charge < -0.3 is 15.2 Å². The van der Waals surface area contributed by atoms with Gasteiger partial charge in [0.1, 0.15) is 17.5 Å². The number of anilines is 2. The van der Waals surface area contributed by atoms with Crippen molar-refractivity contribution in [2.75, 3.05) is 16.3 Å². The van der Waals surface area contributed by atoms with Crippen molar-refractivity contribution in [2.24, 2.45) is 0 Å². The number of hydrogen-bond acceptors (Lipinski definition) is 7. The number of carbonyl (C=O) groups is 1.